The van der Waals surface area contributed by atoms with Crippen molar-refractivity contribution in [3.05, 3.63) is 23.7 Å². The van der Waals surface area contributed by atoms with Crippen molar-refractivity contribution in [2.45, 2.75) is 25.0 Å². The summed E-state index contributed by atoms with van der Waals surface area (Å²) in [5, 5.41) is 3.00. The molecular formula is C17H22N4O4S2. The summed E-state index contributed by atoms with van der Waals surface area (Å²) < 4.78 is 31.6. The lowest BCUT2D eigenvalue weighted by Crippen LogP contribution is -2.60. The Balaban J connectivity index is 1.24. The first-order chi connectivity index (χ1) is 12.9. The number of benzene rings is 1. The topological polar surface area (TPSA) is 91.8 Å². The molecule has 1 aromatic carbocycles. The van der Waals surface area contributed by atoms with Crippen molar-refractivity contribution in [2.24, 2.45) is 0 Å². The summed E-state index contributed by atoms with van der Waals surface area (Å²) in [4.78, 5) is 18.4. The highest BCUT2D eigenvalue weighted by Crippen LogP contribution is 2.29. The Labute approximate surface area is 162 Å². The quantitative estimate of drug-likeness (QED) is 0.825. The van der Waals surface area contributed by atoms with Crippen LogP contribution in [0.3, 0.4) is 0 Å². The molecule has 1 N–H and O–H groups in total. The van der Waals surface area contributed by atoms with Crippen LogP contribution in [0, 0.1) is 0 Å². The first-order valence-corrected chi connectivity index (χ1v) is 11.6. The summed E-state index contributed by atoms with van der Waals surface area (Å²) in [6.07, 6.45) is 2.46. The Kier molecular flexibility index (Phi) is 4.95. The van der Waals surface area contributed by atoms with Gasteiger partial charge in [0.05, 0.1) is 29.6 Å². The highest BCUT2D eigenvalue weighted by Gasteiger charge is 2.34. The molecule has 0 atom stereocenters. The standard InChI is InChI=1S/C17H22N4O4S2/c1-27(23,24)21-7-5-12(6-8-21)19-17(22)20-9-13(10-20)25-14-3-2-4-15-16(14)18-11-26-15/h2-4,11-13H,5-10H2,1H3,(H,19,22). The van der Waals surface area contributed by atoms with E-state index in [4.69, 9.17) is 4.74 Å². The van der Waals surface area contributed by atoms with E-state index >= 15 is 0 Å². The van der Waals surface area contributed by atoms with Gasteiger partial charge in [-0.2, -0.15) is 0 Å². The van der Waals surface area contributed by atoms with E-state index in [0.29, 0.717) is 39.0 Å². The molecule has 10 heteroatoms. The molecule has 146 valence electrons. The van der Waals surface area contributed by atoms with Crippen molar-refractivity contribution in [1.29, 1.82) is 0 Å². The molecule has 0 bridgehead atoms. The summed E-state index contributed by atoms with van der Waals surface area (Å²) >= 11 is 1.57. The van der Waals surface area contributed by atoms with E-state index in [-0.39, 0.29) is 18.2 Å². The third kappa shape index (κ3) is 4.02. The molecule has 2 aliphatic heterocycles. The number of ether oxygens (including phenoxy) is 1. The van der Waals surface area contributed by atoms with Gasteiger partial charge in [0.1, 0.15) is 17.4 Å². The zero-order chi connectivity index (χ0) is 19.0. The molecule has 0 unspecified atom stereocenters. The van der Waals surface area contributed by atoms with E-state index in [1.807, 2.05) is 18.2 Å². The molecule has 0 spiro atoms. The third-order valence-electron chi connectivity index (χ3n) is 5.00. The van der Waals surface area contributed by atoms with Gasteiger partial charge in [0.2, 0.25) is 10.0 Å². The van der Waals surface area contributed by atoms with Gasteiger partial charge in [0, 0.05) is 19.1 Å². The highest BCUT2D eigenvalue weighted by molar-refractivity contribution is 7.88. The largest absolute Gasteiger partial charge is 0.484 e. The fourth-order valence-corrected chi connectivity index (χ4v) is 4.98. The molecule has 4 rings (SSSR count). The van der Waals surface area contributed by atoms with E-state index in [2.05, 4.69) is 10.3 Å². The van der Waals surface area contributed by atoms with E-state index < -0.39 is 10.0 Å². The van der Waals surface area contributed by atoms with Crippen LogP contribution in [0.2, 0.25) is 0 Å². The molecule has 0 saturated carbocycles. The lowest BCUT2D eigenvalue weighted by Gasteiger charge is -2.40. The number of nitrogens with zero attached hydrogens (tertiary/aromatic N) is 3. The average Bonchev–Trinajstić information content (AvgIpc) is 3.06. The van der Waals surface area contributed by atoms with Gasteiger partial charge in [0.15, 0.2) is 0 Å². The summed E-state index contributed by atoms with van der Waals surface area (Å²) in [7, 11) is -3.15. The summed E-state index contributed by atoms with van der Waals surface area (Å²) in [5.41, 5.74) is 2.66. The van der Waals surface area contributed by atoms with Crippen molar-refractivity contribution in [3.63, 3.8) is 0 Å². The molecule has 27 heavy (non-hydrogen) atoms. The van der Waals surface area contributed by atoms with Crippen LogP contribution >= 0.6 is 11.3 Å². The van der Waals surface area contributed by atoms with Crippen LogP contribution in [-0.2, 0) is 10.0 Å². The summed E-state index contributed by atoms with van der Waals surface area (Å²) in [6, 6.07) is 5.76. The Morgan fingerprint density at radius 2 is 2.04 bits per heavy atom. The zero-order valence-corrected chi connectivity index (χ0v) is 16.6. The van der Waals surface area contributed by atoms with Gasteiger partial charge in [-0.25, -0.2) is 22.5 Å². The first kappa shape index (κ1) is 18.5. The monoisotopic (exact) mass is 410 g/mol. The zero-order valence-electron chi connectivity index (χ0n) is 15.0. The molecule has 2 aromatic rings. The van der Waals surface area contributed by atoms with E-state index in [9.17, 15) is 13.2 Å². The minimum Gasteiger partial charge on any atom is -0.484 e. The van der Waals surface area contributed by atoms with Gasteiger partial charge in [-0.3, -0.25) is 0 Å². The smallest absolute Gasteiger partial charge is 0.317 e. The lowest BCUT2D eigenvalue weighted by atomic mass is 10.1. The van der Waals surface area contributed by atoms with Gasteiger partial charge in [0.25, 0.3) is 0 Å². The number of piperidine rings is 1. The Morgan fingerprint density at radius 3 is 2.74 bits per heavy atom. The number of amides is 2. The number of hydrogen-bond acceptors (Lipinski definition) is 6. The van der Waals surface area contributed by atoms with Crippen molar-refractivity contribution in [3.8, 4) is 5.75 Å². The Hall–Kier alpha value is -1.91. The number of hydrogen-bond donors (Lipinski definition) is 1. The van der Waals surface area contributed by atoms with Crippen LogP contribution in [-0.4, -0.2) is 73.2 Å². The van der Waals surface area contributed by atoms with Crippen molar-refractivity contribution in [2.75, 3.05) is 32.4 Å². The minimum atomic E-state index is -3.15. The normalized spacial score (nSPS) is 19.8. The molecule has 0 aliphatic carbocycles. The van der Waals surface area contributed by atoms with Crippen LogP contribution in [0.5, 0.6) is 5.75 Å². The minimum absolute atomic E-state index is 0.0132. The number of carbonyl (C=O) groups excluding carboxylic acids is 1. The van der Waals surface area contributed by atoms with Crippen LogP contribution < -0.4 is 10.1 Å². The number of rotatable bonds is 4. The molecule has 2 aliphatic rings. The number of carbonyl (C=O) groups is 1. The summed E-state index contributed by atoms with van der Waals surface area (Å²) in [5.74, 6) is 0.756. The predicted octanol–water partition coefficient (Wildman–Crippen LogP) is 1.49. The van der Waals surface area contributed by atoms with E-state index in [1.54, 1.807) is 21.7 Å². The van der Waals surface area contributed by atoms with Crippen molar-refractivity contribution < 1.29 is 17.9 Å². The number of likely N-dealkylation sites (tertiary alicyclic amines) is 1. The van der Waals surface area contributed by atoms with Gasteiger partial charge >= 0.3 is 6.03 Å². The van der Waals surface area contributed by atoms with Gasteiger partial charge in [-0.1, -0.05) is 6.07 Å². The summed E-state index contributed by atoms with van der Waals surface area (Å²) in [6.45, 7) is 1.98. The number of sulfonamides is 1. The first-order valence-electron chi connectivity index (χ1n) is 8.89. The molecular weight excluding hydrogens is 388 g/mol. The van der Waals surface area contributed by atoms with Crippen LogP contribution in [0.1, 0.15) is 12.8 Å². The van der Waals surface area contributed by atoms with Crippen molar-refractivity contribution >= 4 is 37.6 Å². The van der Waals surface area contributed by atoms with Gasteiger partial charge in [-0.05, 0) is 25.0 Å². The number of fused-ring (bicyclic) bond motifs is 1. The molecule has 1 aromatic heterocycles. The second kappa shape index (κ2) is 7.25. The maximum atomic E-state index is 12.4. The number of para-hydroxylation sites is 1. The second-order valence-corrected chi connectivity index (χ2v) is 9.85. The van der Waals surface area contributed by atoms with Crippen LogP contribution in [0.15, 0.2) is 23.7 Å². The molecule has 2 saturated heterocycles. The number of urea groups is 1. The highest BCUT2D eigenvalue weighted by atomic mass is 32.2. The number of nitrogens with one attached hydrogen (secondary N) is 1. The molecule has 0 radical (unpaired) electrons. The second-order valence-electron chi connectivity index (χ2n) is 6.99. The predicted molar refractivity (Wildman–Crippen MR) is 104 cm³/mol. The molecule has 3 heterocycles. The number of aromatic nitrogens is 1. The molecule has 2 amide bonds. The molecule has 2 fully saturated rings. The Morgan fingerprint density at radius 1 is 1.30 bits per heavy atom. The fraction of sp³-hybridized carbons (Fsp3) is 0.529. The Bertz CT molecular complexity index is 931. The molecule has 8 nitrogen and oxygen atoms in total. The maximum absolute atomic E-state index is 12.4. The van der Waals surface area contributed by atoms with Crippen LogP contribution in [0.4, 0.5) is 4.79 Å². The number of thiazole rings is 1. The van der Waals surface area contributed by atoms with Gasteiger partial charge < -0.3 is 15.0 Å². The SMILES string of the molecule is CS(=O)(=O)N1CCC(NC(=O)N2CC(Oc3cccc4scnc34)C2)CC1. The van der Waals surface area contributed by atoms with Crippen molar-refractivity contribution in [1.82, 2.24) is 19.5 Å². The van der Waals surface area contributed by atoms with E-state index in [1.165, 1.54) is 10.6 Å². The lowest BCUT2D eigenvalue weighted by molar-refractivity contribution is 0.0437. The fourth-order valence-electron chi connectivity index (χ4n) is 3.41. The van der Waals surface area contributed by atoms with Gasteiger partial charge in [-0.15, -0.1) is 11.3 Å². The maximum Gasteiger partial charge on any atom is 0.317 e. The average molecular weight is 411 g/mol. The van der Waals surface area contributed by atoms with E-state index in [0.717, 1.165) is 16.0 Å². The third-order valence-corrected chi connectivity index (χ3v) is 7.10. The van der Waals surface area contributed by atoms with Crippen LogP contribution in [0.25, 0.3) is 10.2 Å².